The number of fused-ring (bicyclic) bond motifs is 1. The number of carboxylic acid groups (broad SMARTS) is 1. The maximum absolute atomic E-state index is 12.3. The van der Waals surface area contributed by atoms with E-state index in [9.17, 15) is 14.7 Å². The fourth-order valence-corrected chi connectivity index (χ4v) is 3.37. The zero-order valence-corrected chi connectivity index (χ0v) is 12.5. The number of carbonyl (C=O) groups is 2. The molecule has 5 heteroatoms. The number of carboxylic acids is 1. The lowest BCUT2D eigenvalue weighted by molar-refractivity contribution is -0.148. The maximum Gasteiger partial charge on any atom is 0.311 e. The fraction of sp³-hybridized carbons (Fsp3) is 0.467. The summed E-state index contributed by atoms with van der Waals surface area (Å²) in [5.74, 6) is -0.405. The average molecular weight is 293 g/mol. The molecule has 0 saturated carbocycles. The van der Waals surface area contributed by atoms with E-state index in [4.69, 9.17) is 0 Å². The Balaban J connectivity index is 2.02. The van der Waals surface area contributed by atoms with Gasteiger partial charge in [0.25, 0.3) is 0 Å². The van der Waals surface area contributed by atoms with E-state index in [1.165, 1.54) is 0 Å². The van der Waals surface area contributed by atoms with Crippen LogP contribution in [0.15, 0.2) is 29.2 Å². The molecule has 0 spiro atoms. The molecular formula is C15H19NO3S. The number of carbonyl (C=O) groups excluding carboxylic acids is 1. The Hall–Kier alpha value is -1.49. The lowest BCUT2D eigenvalue weighted by Crippen LogP contribution is -2.42. The Morgan fingerprint density at radius 3 is 2.80 bits per heavy atom. The predicted octanol–water partition coefficient (Wildman–Crippen LogP) is 2.49. The molecule has 4 nitrogen and oxygen atoms in total. The predicted molar refractivity (Wildman–Crippen MR) is 79.0 cm³/mol. The number of benzene rings is 1. The summed E-state index contributed by atoms with van der Waals surface area (Å²) in [7, 11) is 0. The first-order valence-electron chi connectivity index (χ1n) is 6.71. The third-order valence-corrected chi connectivity index (χ3v) is 5.15. The molecule has 1 aromatic rings. The average Bonchev–Trinajstić information content (AvgIpc) is 2.88. The highest BCUT2D eigenvalue weighted by molar-refractivity contribution is 7.99. The summed E-state index contributed by atoms with van der Waals surface area (Å²) < 4.78 is 0. The van der Waals surface area contributed by atoms with Crippen molar-refractivity contribution in [1.82, 2.24) is 5.32 Å². The molecule has 1 aliphatic heterocycles. The summed E-state index contributed by atoms with van der Waals surface area (Å²) in [6.07, 6.45) is 0.485. The minimum absolute atomic E-state index is 0.0802. The monoisotopic (exact) mass is 293 g/mol. The maximum atomic E-state index is 12.3. The number of nitrogens with one attached hydrogen (secondary N) is 1. The second-order valence-corrected chi connectivity index (χ2v) is 6.40. The molecule has 0 bridgehead atoms. The molecule has 1 amide bonds. The molecule has 2 rings (SSSR count). The molecule has 0 aromatic heterocycles. The van der Waals surface area contributed by atoms with Gasteiger partial charge in [0, 0.05) is 17.2 Å². The first-order chi connectivity index (χ1) is 9.48. The lowest BCUT2D eigenvalue weighted by Gasteiger charge is -2.24. The van der Waals surface area contributed by atoms with Gasteiger partial charge < -0.3 is 10.4 Å². The van der Waals surface area contributed by atoms with E-state index in [2.05, 4.69) is 5.32 Å². The first-order valence-corrected chi connectivity index (χ1v) is 7.69. The standard InChI is InChI=1S/C15H19NO3S/c1-3-15(2,14(18)19)9-16-13(17)11-8-20-12-7-5-4-6-10(11)12/h4-7,11H,3,8-9H2,1-2H3,(H,16,17)(H,18,19). The second kappa shape index (κ2) is 5.87. The summed E-state index contributed by atoms with van der Waals surface area (Å²) in [6.45, 7) is 3.65. The summed E-state index contributed by atoms with van der Waals surface area (Å²) in [5.41, 5.74) is 0.143. The van der Waals surface area contributed by atoms with Crippen molar-refractivity contribution >= 4 is 23.6 Å². The van der Waals surface area contributed by atoms with E-state index < -0.39 is 11.4 Å². The van der Waals surface area contributed by atoms with Crippen LogP contribution in [0.5, 0.6) is 0 Å². The Morgan fingerprint density at radius 2 is 2.15 bits per heavy atom. The van der Waals surface area contributed by atoms with Gasteiger partial charge in [-0.15, -0.1) is 11.8 Å². The third-order valence-electron chi connectivity index (χ3n) is 3.97. The van der Waals surface area contributed by atoms with Gasteiger partial charge in [-0.05, 0) is 25.0 Å². The van der Waals surface area contributed by atoms with Crippen molar-refractivity contribution in [3.8, 4) is 0 Å². The zero-order valence-electron chi connectivity index (χ0n) is 11.7. The van der Waals surface area contributed by atoms with Crippen LogP contribution in [0.1, 0.15) is 31.7 Å². The number of rotatable bonds is 5. The highest BCUT2D eigenvalue weighted by atomic mass is 32.2. The normalized spacial score (nSPS) is 20.0. The van der Waals surface area contributed by atoms with Gasteiger partial charge in [-0.2, -0.15) is 0 Å². The SMILES string of the molecule is CCC(C)(CNC(=O)C1CSc2ccccc21)C(=O)O. The van der Waals surface area contributed by atoms with Gasteiger partial charge in [0.05, 0.1) is 11.3 Å². The van der Waals surface area contributed by atoms with Crippen LogP contribution < -0.4 is 5.32 Å². The molecular weight excluding hydrogens is 274 g/mol. The molecule has 108 valence electrons. The molecule has 1 aromatic carbocycles. The van der Waals surface area contributed by atoms with E-state index in [0.717, 1.165) is 16.2 Å². The van der Waals surface area contributed by atoms with Crippen LogP contribution in [-0.2, 0) is 9.59 Å². The number of aliphatic carboxylic acids is 1. The van der Waals surface area contributed by atoms with Crippen LogP contribution in [0.4, 0.5) is 0 Å². The van der Waals surface area contributed by atoms with Crippen molar-refractivity contribution in [2.75, 3.05) is 12.3 Å². The van der Waals surface area contributed by atoms with E-state index in [-0.39, 0.29) is 18.4 Å². The first kappa shape index (κ1) is 14.9. The van der Waals surface area contributed by atoms with Crippen molar-refractivity contribution in [3.05, 3.63) is 29.8 Å². The second-order valence-electron chi connectivity index (χ2n) is 5.34. The molecule has 0 radical (unpaired) electrons. The largest absolute Gasteiger partial charge is 0.481 e. The van der Waals surface area contributed by atoms with Gasteiger partial charge in [-0.25, -0.2) is 0 Å². The topological polar surface area (TPSA) is 66.4 Å². The van der Waals surface area contributed by atoms with Crippen LogP contribution in [0.2, 0.25) is 0 Å². The van der Waals surface area contributed by atoms with Crippen molar-refractivity contribution in [2.24, 2.45) is 5.41 Å². The van der Waals surface area contributed by atoms with E-state index in [1.807, 2.05) is 31.2 Å². The number of amides is 1. The Kier molecular flexibility index (Phi) is 4.38. The van der Waals surface area contributed by atoms with Crippen LogP contribution in [0, 0.1) is 5.41 Å². The molecule has 1 heterocycles. The molecule has 2 unspecified atom stereocenters. The summed E-state index contributed by atoms with van der Waals surface area (Å²) in [6, 6.07) is 7.87. The van der Waals surface area contributed by atoms with Gasteiger partial charge in [0.15, 0.2) is 0 Å². The van der Waals surface area contributed by atoms with Gasteiger partial charge in [0.1, 0.15) is 0 Å². The smallest absolute Gasteiger partial charge is 0.311 e. The fourth-order valence-electron chi connectivity index (χ4n) is 2.14. The number of thioether (sulfide) groups is 1. The minimum Gasteiger partial charge on any atom is -0.481 e. The minimum atomic E-state index is -0.902. The molecule has 1 aliphatic rings. The van der Waals surface area contributed by atoms with Crippen LogP contribution in [-0.4, -0.2) is 29.3 Å². The Labute approximate surface area is 123 Å². The van der Waals surface area contributed by atoms with Gasteiger partial charge in [-0.1, -0.05) is 25.1 Å². The Morgan fingerprint density at radius 1 is 1.45 bits per heavy atom. The highest BCUT2D eigenvalue weighted by Gasteiger charge is 2.34. The number of hydrogen-bond acceptors (Lipinski definition) is 3. The van der Waals surface area contributed by atoms with Crippen molar-refractivity contribution in [1.29, 1.82) is 0 Å². The molecule has 2 N–H and O–H groups in total. The summed E-state index contributed by atoms with van der Waals surface area (Å²) >= 11 is 1.67. The van der Waals surface area contributed by atoms with E-state index in [0.29, 0.717) is 6.42 Å². The quantitative estimate of drug-likeness (QED) is 0.875. The molecule has 0 aliphatic carbocycles. The number of hydrogen-bond donors (Lipinski definition) is 2. The molecule has 0 saturated heterocycles. The van der Waals surface area contributed by atoms with Gasteiger partial charge in [-0.3, -0.25) is 9.59 Å². The molecule has 2 atom stereocenters. The van der Waals surface area contributed by atoms with Crippen molar-refractivity contribution in [2.45, 2.75) is 31.1 Å². The van der Waals surface area contributed by atoms with Crippen LogP contribution in [0.25, 0.3) is 0 Å². The highest BCUT2D eigenvalue weighted by Crippen LogP contribution is 2.39. The molecule has 0 fully saturated rings. The van der Waals surface area contributed by atoms with E-state index in [1.54, 1.807) is 18.7 Å². The van der Waals surface area contributed by atoms with Crippen molar-refractivity contribution in [3.63, 3.8) is 0 Å². The van der Waals surface area contributed by atoms with Crippen LogP contribution in [0.3, 0.4) is 0 Å². The van der Waals surface area contributed by atoms with E-state index >= 15 is 0 Å². The van der Waals surface area contributed by atoms with Crippen molar-refractivity contribution < 1.29 is 14.7 Å². The summed E-state index contributed by atoms with van der Waals surface area (Å²) in [5, 5.41) is 12.0. The van der Waals surface area contributed by atoms with Gasteiger partial charge in [0.2, 0.25) is 5.91 Å². The summed E-state index contributed by atoms with van der Waals surface area (Å²) in [4.78, 5) is 24.6. The van der Waals surface area contributed by atoms with Gasteiger partial charge >= 0.3 is 5.97 Å². The zero-order chi connectivity index (χ0) is 14.8. The third kappa shape index (κ3) is 2.82. The molecule has 20 heavy (non-hydrogen) atoms. The lowest BCUT2D eigenvalue weighted by atomic mass is 9.87. The Bertz CT molecular complexity index is 532. The van der Waals surface area contributed by atoms with Crippen LogP contribution >= 0.6 is 11.8 Å².